The minimum absolute atomic E-state index is 0.168. The second-order valence-electron chi connectivity index (χ2n) is 7.83. The van der Waals surface area contributed by atoms with E-state index in [2.05, 4.69) is 28.6 Å². The number of aromatic amines is 1. The van der Waals surface area contributed by atoms with Crippen LogP contribution in [0.5, 0.6) is 11.5 Å². The lowest BCUT2D eigenvalue weighted by atomic mass is 9.85. The predicted molar refractivity (Wildman–Crippen MR) is 112 cm³/mol. The van der Waals surface area contributed by atoms with Gasteiger partial charge in [0, 0.05) is 36.2 Å². The Labute approximate surface area is 167 Å². The second kappa shape index (κ2) is 9.82. The molecule has 0 saturated carbocycles. The van der Waals surface area contributed by atoms with Gasteiger partial charge < -0.3 is 25.1 Å². The lowest BCUT2D eigenvalue weighted by molar-refractivity contribution is -0.122. The summed E-state index contributed by atoms with van der Waals surface area (Å²) < 4.78 is 10.8. The number of rotatable bonds is 9. The van der Waals surface area contributed by atoms with Crippen molar-refractivity contribution in [1.82, 2.24) is 15.6 Å². The SMILES string of the molecule is COc1cc(OC)c2cc(CCCNC(=O)CC(C)C3CCCNC3)[nH]c2c1. The van der Waals surface area contributed by atoms with Gasteiger partial charge >= 0.3 is 0 Å². The summed E-state index contributed by atoms with van der Waals surface area (Å²) in [5.41, 5.74) is 2.14. The van der Waals surface area contributed by atoms with Crippen LogP contribution in [0.3, 0.4) is 0 Å². The Balaban J connectivity index is 1.45. The lowest BCUT2D eigenvalue weighted by Gasteiger charge is -2.28. The smallest absolute Gasteiger partial charge is 0.220 e. The van der Waals surface area contributed by atoms with Gasteiger partial charge in [-0.15, -0.1) is 0 Å². The van der Waals surface area contributed by atoms with Crippen LogP contribution < -0.4 is 20.1 Å². The Hall–Kier alpha value is -2.21. The van der Waals surface area contributed by atoms with Crippen LogP contribution in [0.15, 0.2) is 18.2 Å². The first-order valence-corrected chi connectivity index (χ1v) is 10.3. The molecule has 1 aliphatic heterocycles. The molecule has 0 radical (unpaired) electrons. The summed E-state index contributed by atoms with van der Waals surface area (Å²) in [4.78, 5) is 15.7. The van der Waals surface area contributed by atoms with Gasteiger partial charge in [0.1, 0.15) is 11.5 Å². The minimum Gasteiger partial charge on any atom is -0.497 e. The van der Waals surface area contributed by atoms with Crippen molar-refractivity contribution in [2.75, 3.05) is 33.9 Å². The van der Waals surface area contributed by atoms with Gasteiger partial charge in [-0.25, -0.2) is 0 Å². The van der Waals surface area contributed by atoms with E-state index in [9.17, 15) is 4.79 Å². The number of H-pyrrole nitrogens is 1. The normalized spacial score (nSPS) is 18.0. The molecule has 6 heteroatoms. The average molecular weight is 388 g/mol. The average Bonchev–Trinajstić information content (AvgIpc) is 3.13. The number of benzene rings is 1. The lowest BCUT2D eigenvalue weighted by Crippen LogP contribution is -2.35. The molecule has 0 aliphatic carbocycles. The Kier molecular flexibility index (Phi) is 7.20. The van der Waals surface area contributed by atoms with Crippen LogP contribution in [-0.4, -0.2) is 44.7 Å². The van der Waals surface area contributed by atoms with E-state index in [0.29, 0.717) is 24.8 Å². The molecular weight excluding hydrogens is 354 g/mol. The van der Waals surface area contributed by atoms with Crippen LogP contribution in [0.25, 0.3) is 10.9 Å². The van der Waals surface area contributed by atoms with E-state index in [4.69, 9.17) is 9.47 Å². The van der Waals surface area contributed by atoms with E-state index in [1.165, 1.54) is 12.8 Å². The molecule has 2 heterocycles. The van der Waals surface area contributed by atoms with Crippen molar-refractivity contribution in [3.63, 3.8) is 0 Å². The van der Waals surface area contributed by atoms with Crippen LogP contribution in [0.4, 0.5) is 0 Å². The number of carbonyl (C=O) groups excluding carboxylic acids is 1. The number of nitrogens with one attached hydrogen (secondary N) is 3. The maximum absolute atomic E-state index is 12.2. The molecule has 1 saturated heterocycles. The summed E-state index contributed by atoms with van der Waals surface area (Å²) in [6.45, 7) is 5.05. The van der Waals surface area contributed by atoms with Gasteiger partial charge in [-0.05, 0) is 56.7 Å². The molecule has 1 amide bonds. The van der Waals surface area contributed by atoms with Crippen molar-refractivity contribution < 1.29 is 14.3 Å². The van der Waals surface area contributed by atoms with Gasteiger partial charge in [-0.1, -0.05) is 6.92 Å². The predicted octanol–water partition coefficient (Wildman–Crippen LogP) is 3.26. The van der Waals surface area contributed by atoms with Crippen LogP contribution in [0.1, 0.15) is 38.3 Å². The van der Waals surface area contributed by atoms with Crippen molar-refractivity contribution in [1.29, 1.82) is 0 Å². The third kappa shape index (κ3) is 5.19. The highest BCUT2D eigenvalue weighted by Crippen LogP contribution is 2.31. The van der Waals surface area contributed by atoms with Crippen molar-refractivity contribution in [3.05, 3.63) is 23.9 Å². The monoisotopic (exact) mass is 387 g/mol. The number of carbonyl (C=O) groups is 1. The molecule has 2 unspecified atom stereocenters. The van der Waals surface area contributed by atoms with Gasteiger partial charge in [0.25, 0.3) is 0 Å². The summed E-state index contributed by atoms with van der Waals surface area (Å²) in [5, 5.41) is 7.57. The summed E-state index contributed by atoms with van der Waals surface area (Å²) >= 11 is 0. The number of aromatic nitrogens is 1. The molecule has 1 fully saturated rings. The zero-order valence-corrected chi connectivity index (χ0v) is 17.3. The summed E-state index contributed by atoms with van der Waals surface area (Å²) in [5.74, 6) is 2.80. The molecular formula is C22H33N3O3. The zero-order chi connectivity index (χ0) is 19.9. The molecule has 154 valence electrons. The van der Waals surface area contributed by atoms with Gasteiger partial charge in [-0.2, -0.15) is 0 Å². The Morgan fingerprint density at radius 1 is 1.29 bits per heavy atom. The van der Waals surface area contributed by atoms with Gasteiger partial charge in [0.05, 0.1) is 19.7 Å². The van der Waals surface area contributed by atoms with E-state index in [1.54, 1.807) is 14.2 Å². The third-order valence-corrected chi connectivity index (χ3v) is 5.78. The number of piperidine rings is 1. The Morgan fingerprint density at radius 2 is 2.14 bits per heavy atom. The fourth-order valence-corrected chi connectivity index (χ4v) is 4.06. The molecule has 1 aromatic heterocycles. The van der Waals surface area contributed by atoms with E-state index in [-0.39, 0.29) is 5.91 Å². The summed E-state index contributed by atoms with van der Waals surface area (Å²) in [6, 6.07) is 5.99. The summed E-state index contributed by atoms with van der Waals surface area (Å²) in [7, 11) is 3.32. The maximum atomic E-state index is 12.2. The fraction of sp³-hybridized carbons (Fsp3) is 0.591. The molecule has 3 N–H and O–H groups in total. The first-order chi connectivity index (χ1) is 13.6. The van der Waals surface area contributed by atoms with E-state index in [0.717, 1.165) is 54.0 Å². The third-order valence-electron chi connectivity index (χ3n) is 5.78. The fourth-order valence-electron chi connectivity index (χ4n) is 4.06. The summed E-state index contributed by atoms with van der Waals surface area (Å²) in [6.07, 6.45) is 4.85. The molecule has 1 aromatic carbocycles. The number of hydrogen-bond donors (Lipinski definition) is 3. The van der Waals surface area contributed by atoms with Gasteiger partial charge in [0.2, 0.25) is 5.91 Å². The topological polar surface area (TPSA) is 75.4 Å². The van der Waals surface area contributed by atoms with E-state index >= 15 is 0 Å². The first kappa shape index (κ1) is 20.5. The number of fused-ring (bicyclic) bond motifs is 1. The van der Waals surface area contributed by atoms with Gasteiger partial charge in [0.15, 0.2) is 0 Å². The van der Waals surface area contributed by atoms with Crippen molar-refractivity contribution in [2.24, 2.45) is 11.8 Å². The van der Waals surface area contributed by atoms with E-state index < -0.39 is 0 Å². The quantitative estimate of drug-likeness (QED) is 0.577. The molecule has 6 nitrogen and oxygen atoms in total. The van der Waals surface area contributed by atoms with E-state index in [1.807, 2.05) is 12.1 Å². The Bertz CT molecular complexity index is 781. The number of methoxy groups -OCH3 is 2. The second-order valence-corrected chi connectivity index (χ2v) is 7.83. The molecule has 1 aliphatic rings. The highest BCUT2D eigenvalue weighted by molar-refractivity contribution is 5.88. The number of hydrogen-bond acceptors (Lipinski definition) is 4. The first-order valence-electron chi connectivity index (χ1n) is 10.3. The molecule has 2 atom stereocenters. The van der Waals surface area contributed by atoms with Crippen LogP contribution in [0.2, 0.25) is 0 Å². The van der Waals surface area contributed by atoms with Crippen molar-refractivity contribution >= 4 is 16.8 Å². The molecule has 3 rings (SSSR count). The highest BCUT2D eigenvalue weighted by atomic mass is 16.5. The molecule has 0 spiro atoms. The van der Waals surface area contributed by atoms with Crippen molar-refractivity contribution in [3.8, 4) is 11.5 Å². The van der Waals surface area contributed by atoms with Crippen LogP contribution in [0, 0.1) is 11.8 Å². The minimum atomic E-state index is 0.168. The zero-order valence-electron chi connectivity index (χ0n) is 17.3. The highest BCUT2D eigenvalue weighted by Gasteiger charge is 2.21. The number of ether oxygens (including phenoxy) is 2. The van der Waals surface area contributed by atoms with Gasteiger partial charge in [-0.3, -0.25) is 4.79 Å². The number of aryl methyl sites for hydroxylation is 1. The maximum Gasteiger partial charge on any atom is 0.220 e. The van der Waals surface area contributed by atoms with Crippen LogP contribution in [-0.2, 0) is 11.2 Å². The Morgan fingerprint density at radius 3 is 2.86 bits per heavy atom. The van der Waals surface area contributed by atoms with Crippen LogP contribution >= 0.6 is 0 Å². The largest absolute Gasteiger partial charge is 0.497 e. The standard InChI is InChI=1S/C22H33N3O3/c1-15(16-6-4-8-23-14-16)10-22(26)24-9-5-7-17-11-19-20(25-17)12-18(27-2)13-21(19)28-3/h11-13,15-16,23,25H,4-10,14H2,1-3H3,(H,24,26). The number of amides is 1. The molecule has 0 bridgehead atoms. The van der Waals surface area contributed by atoms with Crippen molar-refractivity contribution in [2.45, 2.75) is 39.0 Å². The molecule has 2 aromatic rings. The molecule has 28 heavy (non-hydrogen) atoms.